The highest BCUT2D eigenvalue weighted by molar-refractivity contribution is 5.90. The van der Waals surface area contributed by atoms with Crippen LogP contribution in [0.25, 0.3) is 0 Å². The lowest BCUT2D eigenvalue weighted by Gasteiger charge is -2.42. The number of hydrogen-bond acceptors (Lipinski definition) is 6. The van der Waals surface area contributed by atoms with Crippen LogP contribution in [-0.4, -0.2) is 82.2 Å². The van der Waals surface area contributed by atoms with Crippen LogP contribution in [0.4, 0.5) is 15.0 Å². The van der Waals surface area contributed by atoms with Crippen molar-refractivity contribution in [2.75, 3.05) is 31.6 Å². The fourth-order valence-corrected chi connectivity index (χ4v) is 3.54. The van der Waals surface area contributed by atoms with E-state index in [4.69, 9.17) is 4.74 Å². The zero-order valence-corrected chi connectivity index (χ0v) is 19.5. The Labute approximate surface area is 188 Å². The predicted molar refractivity (Wildman–Crippen MR) is 117 cm³/mol. The molecule has 9 nitrogen and oxygen atoms in total. The van der Waals surface area contributed by atoms with Crippen LogP contribution in [-0.2, 0) is 14.3 Å². The average molecular weight is 453 g/mol. The molecule has 1 saturated heterocycles. The predicted octanol–water partition coefficient (Wildman–Crippen LogP) is 2.60. The molecule has 2 rings (SSSR count). The van der Waals surface area contributed by atoms with Crippen molar-refractivity contribution in [1.82, 2.24) is 14.8 Å². The molecule has 1 aliphatic heterocycles. The molecule has 2 amide bonds. The van der Waals surface area contributed by atoms with Crippen molar-refractivity contribution < 1.29 is 28.6 Å². The van der Waals surface area contributed by atoms with Gasteiger partial charge in [-0.25, -0.2) is 19.0 Å². The second kappa shape index (κ2) is 10.1. The van der Waals surface area contributed by atoms with Crippen LogP contribution in [0.15, 0.2) is 18.3 Å². The summed E-state index contributed by atoms with van der Waals surface area (Å²) < 4.78 is 18.6. The zero-order valence-electron chi connectivity index (χ0n) is 19.5. The number of amides is 2. The lowest BCUT2D eigenvalue weighted by Crippen LogP contribution is -2.62. The summed E-state index contributed by atoms with van der Waals surface area (Å²) in [4.78, 5) is 46.4. The molecule has 32 heavy (non-hydrogen) atoms. The Morgan fingerprint density at radius 2 is 1.94 bits per heavy atom. The molecule has 1 aromatic rings. The monoisotopic (exact) mass is 452 g/mol. The molecule has 1 aromatic heterocycles. The smallest absolute Gasteiger partial charge is 0.410 e. The highest BCUT2D eigenvalue weighted by atomic mass is 19.1. The largest absolute Gasteiger partial charge is 0.480 e. The van der Waals surface area contributed by atoms with Crippen LogP contribution in [0.3, 0.4) is 0 Å². The molecule has 2 atom stereocenters. The van der Waals surface area contributed by atoms with E-state index in [1.54, 1.807) is 25.7 Å². The van der Waals surface area contributed by atoms with Crippen LogP contribution in [0.1, 0.15) is 41.0 Å². The van der Waals surface area contributed by atoms with E-state index in [0.717, 1.165) is 6.20 Å². The summed E-state index contributed by atoms with van der Waals surface area (Å²) in [6.45, 7) is 9.53. The van der Waals surface area contributed by atoms with E-state index >= 15 is 0 Å². The van der Waals surface area contributed by atoms with Crippen molar-refractivity contribution in [2.24, 2.45) is 5.92 Å². The van der Waals surface area contributed by atoms with E-state index in [1.165, 1.54) is 29.0 Å². The SMILES string of the molecule is CC(C)C[C@@H](C(=O)N1CCN(c2ccc(F)cn2)C[C@@H]1C(=O)O)N(C)C(=O)OC(C)(C)C. The Hall–Kier alpha value is -2.91. The number of rotatable bonds is 6. The summed E-state index contributed by atoms with van der Waals surface area (Å²) in [5.74, 6) is -1.56. The highest BCUT2D eigenvalue weighted by Gasteiger charge is 2.41. The van der Waals surface area contributed by atoms with Gasteiger partial charge in [-0.2, -0.15) is 0 Å². The Morgan fingerprint density at radius 3 is 2.44 bits per heavy atom. The van der Waals surface area contributed by atoms with Gasteiger partial charge >= 0.3 is 12.1 Å². The van der Waals surface area contributed by atoms with Gasteiger partial charge in [-0.3, -0.25) is 9.69 Å². The standard InChI is InChI=1S/C22H33FN4O5/c1-14(2)11-16(25(6)21(31)32-22(3,4)5)19(28)27-10-9-26(13-17(27)20(29)30)18-8-7-15(23)12-24-18/h7-8,12,14,16-17H,9-11,13H2,1-6H3,(H,29,30)/t16-,17+/m0/s1. The quantitative estimate of drug-likeness (QED) is 0.708. The van der Waals surface area contributed by atoms with Crippen molar-refractivity contribution in [3.05, 3.63) is 24.1 Å². The number of halogens is 1. The number of carboxylic acid groups (broad SMARTS) is 1. The molecule has 0 unspecified atom stereocenters. The van der Waals surface area contributed by atoms with Gasteiger partial charge < -0.3 is 19.6 Å². The van der Waals surface area contributed by atoms with Gasteiger partial charge in [0, 0.05) is 20.1 Å². The van der Waals surface area contributed by atoms with Gasteiger partial charge in [-0.05, 0) is 45.2 Å². The van der Waals surface area contributed by atoms with E-state index in [0.29, 0.717) is 18.8 Å². The summed E-state index contributed by atoms with van der Waals surface area (Å²) in [5.41, 5.74) is -0.728. The Balaban J connectivity index is 2.24. The molecule has 0 spiro atoms. The van der Waals surface area contributed by atoms with E-state index < -0.39 is 41.5 Å². The number of nitrogens with zero attached hydrogens (tertiary/aromatic N) is 4. The van der Waals surface area contributed by atoms with Gasteiger partial charge in [-0.15, -0.1) is 0 Å². The van der Waals surface area contributed by atoms with E-state index in [2.05, 4.69) is 4.98 Å². The number of likely N-dealkylation sites (N-methyl/N-ethyl adjacent to an activating group) is 1. The number of piperazine rings is 1. The van der Waals surface area contributed by atoms with Crippen molar-refractivity contribution in [3.63, 3.8) is 0 Å². The molecule has 1 N–H and O–H groups in total. The number of aromatic nitrogens is 1. The molecule has 1 aliphatic rings. The first kappa shape index (κ1) is 25.4. The molecular weight excluding hydrogens is 419 g/mol. The minimum Gasteiger partial charge on any atom is -0.480 e. The van der Waals surface area contributed by atoms with E-state index in [9.17, 15) is 23.9 Å². The van der Waals surface area contributed by atoms with Crippen LogP contribution in [0, 0.1) is 11.7 Å². The van der Waals surface area contributed by atoms with Gasteiger partial charge in [0.25, 0.3) is 0 Å². The zero-order chi connectivity index (χ0) is 24.2. The minimum absolute atomic E-state index is 0.00422. The third kappa shape index (κ3) is 6.54. The highest BCUT2D eigenvalue weighted by Crippen LogP contribution is 2.22. The van der Waals surface area contributed by atoms with E-state index in [-0.39, 0.29) is 19.0 Å². The fraction of sp³-hybridized carbons (Fsp3) is 0.636. The van der Waals surface area contributed by atoms with Gasteiger partial charge in [-0.1, -0.05) is 13.8 Å². The topological polar surface area (TPSA) is 103 Å². The second-order valence-corrected chi connectivity index (χ2v) is 9.40. The molecule has 2 heterocycles. The average Bonchev–Trinajstić information content (AvgIpc) is 2.69. The number of carboxylic acids is 1. The number of hydrogen-bond donors (Lipinski definition) is 1. The number of ether oxygens (including phenoxy) is 1. The molecule has 0 radical (unpaired) electrons. The maximum atomic E-state index is 13.5. The molecule has 0 saturated carbocycles. The second-order valence-electron chi connectivity index (χ2n) is 9.40. The van der Waals surface area contributed by atoms with Crippen molar-refractivity contribution in [3.8, 4) is 0 Å². The van der Waals surface area contributed by atoms with Crippen LogP contribution in [0.5, 0.6) is 0 Å². The van der Waals surface area contributed by atoms with Gasteiger partial charge in [0.05, 0.1) is 12.7 Å². The summed E-state index contributed by atoms with van der Waals surface area (Å²) in [6.07, 6.45) is 0.787. The molecule has 0 bridgehead atoms. The molecule has 0 aromatic carbocycles. The maximum absolute atomic E-state index is 13.5. The van der Waals surface area contributed by atoms with Crippen molar-refractivity contribution >= 4 is 23.8 Å². The normalized spacial score (nSPS) is 17.8. The number of carbonyl (C=O) groups excluding carboxylic acids is 2. The first-order valence-corrected chi connectivity index (χ1v) is 10.7. The number of pyridine rings is 1. The minimum atomic E-state index is -1.16. The third-order valence-electron chi connectivity index (χ3n) is 5.11. The molecule has 1 fully saturated rings. The van der Waals surface area contributed by atoms with Crippen molar-refractivity contribution in [1.29, 1.82) is 0 Å². The molecule has 10 heteroatoms. The number of anilines is 1. The Morgan fingerprint density at radius 1 is 1.28 bits per heavy atom. The summed E-state index contributed by atoms with van der Waals surface area (Å²) in [7, 11) is 1.49. The van der Waals surface area contributed by atoms with Gasteiger partial charge in [0.15, 0.2) is 0 Å². The first-order valence-electron chi connectivity index (χ1n) is 10.7. The third-order valence-corrected chi connectivity index (χ3v) is 5.11. The first-order chi connectivity index (χ1) is 14.8. The lowest BCUT2D eigenvalue weighted by molar-refractivity contribution is -0.153. The van der Waals surface area contributed by atoms with Gasteiger partial charge in [0.1, 0.15) is 29.3 Å². The Kier molecular flexibility index (Phi) is 8.03. The fourth-order valence-electron chi connectivity index (χ4n) is 3.54. The maximum Gasteiger partial charge on any atom is 0.410 e. The number of aliphatic carboxylic acids is 1. The van der Waals surface area contributed by atoms with Gasteiger partial charge in [0.2, 0.25) is 5.91 Å². The van der Waals surface area contributed by atoms with Crippen molar-refractivity contribution in [2.45, 2.75) is 58.7 Å². The van der Waals surface area contributed by atoms with Crippen LogP contribution >= 0.6 is 0 Å². The molecule has 0 aliphatic carbocycles. The van der Waals surface area contributed by atoms with Crippen LogP contribution < -0.4 is 4.90 Å². The lowest BCUT2D eigenvalue weighted by atomic mass is 10.00. The number of carbonyl (C=O) groups is 3. The summed E-state index contributed by atoms with van der Waals surface area (Å²) >= 11 is 0. The van der Waals surface area contributed by atoms with E-state index in [1.807, 2.05) is 13.8 Å². The molecule has 178 valence electrons. The summed E-state index contributed by atoms with van der Waals surface area (Å²) in [6, 6.07) is 0.736. The van der Waals surface area contributed by atoms with Crippen LogP contribution in [0.2, 0.25) is 0 Å². The summed E-state index contributed by atoms with van der Waals surface area (Å²) in [5, 5.41) is 9.82. The molecular formula is C22H33FN4O5. The Bertz CT molecular complexity index is 825.